The predicted octanol–water partition coefficient (Wildman–Crippen LogP) is 3.41. The van der Waals surface area contributed by atoms with E-state index in [-0.39, 0.29) is 17.3 Å². The van der Waals surface area contributed by atoms with Crippen LogP contribution in [0.5, 0.6) is 5.75 Å². The molecule has 38 heavy (non-hydrogen) atoms. The number of carbonyl (C=O) groups excluding carboxylic acids is 1. The maximum absolute atomic E-state index is 13.6. The molecule has 2 aliphatic rings. The highest BCUT2D eigenvalue weighted by Gasteiger charge is 2.37. The zero-order valence-electron chi connectivity index (χ0n) is 21.7. The Bertz CT molecular complexity index is 1380. The summed E-state index contributed by atoms with van der Waals surface area (Å²) < 4.78 is 39.9. The number of anilines is 1. The number of morpholine rings is 1. The number of sulfonamides is 1. The van der Waals surface area contributed by atoms with Crippen LogP contribution in [0.3, 0.4) is 0 Å². The lowest BCUT2D eigenvalue weighted by Gasteiger charge is -2.35. The summed E-state index contributed by atoms with van der Waals surface area (Å²) in [5.41, 5.74) is 4.47. The molecule has 1 saturated heterocycles. The molecule has 0 bridgehead atoms. The highest BCUT2D eigenvalue weighted by molar-refractivity contribution is 7.92. The summed E-state index contributed by atoms with van der Waals surface area (Å²) in [4.78, 5) is 15.7. The van der Waals surface area contributed by atoms with Gasteiger partial charge < -0.3 is 14.8 Å². The zero-order valence-corrected chi connectivity index (χ0v) is 22.5. The third-order valence-corrected chi connectivity index (χ3v) is 8.68. The SMILES string of the molecule is Cc1ccc(S(=O)(=O)N2C[C@@H](C(=O)NCc3ccc(CN4CCOCC4)cc3)Oc3ccc(C)cc32)cc1. The number of fused-ring (bicyclic) bond motifs is 1. The molecule has 0 aromatic heterocycles. The highest BCUT2D eigenvalue weighted by Crippen LogP contribution is 2.37. The topological polar surface area (TPSA) is 88.2 Å². The van der Waals surface area contributed by atoms with Gasteiger partial charge in [0.05, 0.1) is 30.3 Å². The normalized spacial score (nSPS) is 17.9. The first-order valence-electron chi connectivity index (χ1n) is 12.8. The molecule has 2 heterocycles. The lowest BCUT2D eigenvalue weighted by Crippen LogP contribution is -2.50. The second-order valence-corrected chi connectivity index (χ2v) is 11.7. The Balaban J connectivity index is 1.28. The first kappa shape index (κ1) is 26.2. The van der Waals surface area contributed by atoms with E-state index in [1.807, 2.05) is 32.0 Å². The fourth-order valence-electron chi connectivity index (χ4n) is 4.65. The number of ether oxygens (including phenoxy) is 2. The molecule has 5 rings (SSSR count). The smallest absolute Gasteiger partial charge is 0.264 e. The van der Waals surface area contributed by atoms with E-state index in [2.05, 4.69) is 22.3 Å². The molecule has 9 heteroatoms. The maximum Gasteiger partial charge on any atom is 0.264 e. The van der Waals surface area contributed by atoms with Gasteiger partial charge in [0.1, 0.15) is 5.75 Å². The molecule has 0 unspecified atom stereocenters. The molecular weight excluding hydrogens is 502 g/mol. The van der Waals surface area contributed by atoms with Crippen molar-refractivity contribution in [3.05, 3.63) is 89.0 Å². The second-order valence-electron chi connectivity index (χ2n) is 9.85. The van der Waals surface area contributed by atoms with E-state index in [0.717, 1.165) is 49.5 Å². The van der Waals surface area contributed by atoms with Crippen LogP contribution in [0, 0.1) is 13.8 Å². The molecule has 1 fully saturated rings. The standard InChI is InChI=1S/C29H33N3O5S/c1-21-3-10-25(11-4-21)38(34,35)32-20-28(37-27-12-5-22(2)17-26(27)32)29(33)30-18-23-6-8-24(9-7-23)19-31-13-15-36-16-14-31/h3-12,17,28H,13-16,18-20H2,1-2H3,(H,30,33)/t28-/m0/s1. The molecule has 3 aromatic carbocycles. The summed E-state index contributed by atoms with van der Waals surface area (Å²) >= 11 is 0. The van der Waals surface area contributed by atoms with Crippen molar-refractivity contribution in [2.24, 2.45) is 0 Å². The zero-order chi connectivity index (χ0) is 26.7. The Morgan fingerprint density at radius 1 is 0.921 bits per heavy atom. The molecule has 2 aliphatic heterocycles. The number of carbonyl (C=O) groups is 1. The monoisotopic (exact) mass is 535 g/mol. The Morgan fingerprint density at radius 3 is 2.29 bits per heavy atom. The summed E-state index contributed by atoms with van der Waals surface area (Å²) in [5, 5.41) is 2.92. The quantitative estimate of drug-likeness (QED) is 0.499. The third kappa shape index (κ3) is 5.85. The van der Waals surface area contributed by atoms with Crippen LogP contribution in [0.4, 0.5) is 5.69 Å². The van der Waals surface area contributed by atoms with Gasteiger partial charge >= 0.3 is 0 Å². The van der Waals surface area contributed by atoms with Gasteiger partial charge in [0.15, 0.2) is 6.10 Å². The second kappa shape index (κ2) is 11.1. The van der Waals surface area contributed by atoms with Crippen molar-refractivity contribution in [3.63, 3.8) is 0 Å². The van der Waals surface area contributed by atoms with Crippen LogP contribution in [-0.4, -0.2) is 58.2 Å². The molecule has 1 N–H and O–H groups in total. The van der Waals surface area contributed by atoms with Gasteiger partial charge in [0, 0.05) is 26.2 Å². The Morgan fingerprint density at radius 2 is 1.58 bits per heavy atom. The van der Waals surface area contributed by atoms with Crippen molar-refractivity contribution in [1.29, 1.82) is 0 Å². The molecule has 1 amide bonds. The van der Waals surface area contributed by atoms with Gasteiger partial charge in [-0.2, -0.15) is 0 Å². The summed E-state index contributed by atoms with van der Waals surface area (Å²) in [7, 11) is -3.90. The van der Waals surface area contributed by atoms with Crippen molar-refractivity contribution >= 4 is 21.6 Å². The summed E-state index contributed by atoms with van der Waals surface area (Å²) in [6, 6.07) is 20.2. The number of benzene rings is 3. The largest absolute Gasteiger partial charge is 0.476 e. The first-order chi connectivity index (χ1) is 18.3. The van der Waals surface area contributed by atoms with Crippen LogP contribution >= 0.6 is 0 Å². The molecule has 1 atom stereocenters. The molecule has 0 aliphatic carbocycles. The maximum atomic E-state index is 13.6. The van der Waals surface area contributed by atoms with E-state index >= 15 is 0 Å². The van der Waals surface area contributed by atoms with E-state index in [1.165, 1.54) is 9.87 Å². The fourth-order valence-corrected chi connectivity index (χ4v) is 6.11. The number of rotatable bonds is 7. The predicted molar refractivity (Wildman–Crippen MR) is 146 cm³/mol. The van der Waals surface area contributed by atoms with E-state index < -0.39 is 16.1 Å². The van der Waals surface area contributed by atoms with Gasteiger partial charge in [-0.3, -0.25) is 14.0 Å². The van der Waals surface area contributed by atoms with Crippen molar-refractivity contribution in [1.82, 2.24) is 10.2 Å². The average Bonchev–Trinajstić information content (AvgIpc) is 2.92. The number of nitrogens with one attached hydrogen (secondary N) is 1. The average molecular weight is 536 g/mol. The number of hydrogen-bond donors (Lipinski definition) is 1. The van der Waals surface area contributed by atoms with Crippen LogP contribution in [0.25, 0.3) is 0 Å². The van der Waals surface area contributed by atoms with Crippen molar-refractivity contribution in [2.75, 3.05) is 37.2 Å². The summed E-state index contributed by atoms with van der Waals surface area (Å²) in [5.74, 6) is 0.00266. The van der Waals surface area contributed by atoms with Gasteiger partial charge in [-0.05, 0) is 54.8 Å². The minimum atomic E-state index is -3.90. The fraction of sp³-hybridized carbons (Fsp3) is 0.345. The van der Waals surface area contributed by atoms with E-state index in [0.29, 0.717) is 18.0 Å². The van der Waals surface area contributed by atoms with Crippen LogP contribution < -0.4 is 14.4 Å². The van der Waals surface area contributed by atoms with E-state index in [9.17, 15) is 13.2 Å². The number of hydrogen-bond acceptors (Lipinski definition) is 6. The van der Waals surface area contributed by atoms with Gasteiger partial charge in [-0.15, -0.1) is 0 Å². The van der Waals surface area contributed by atoms with Crippen LogP contribution in [0.15, 0.2) is 71.6 Å². The first-order valence-corrected chi connectivity index (χ1v) is 14.3. The minimum absolute atomic E-state index is 0.114. The van der Waals surface area contributed by atoms with E-state index in [4.69, 9.17) is 9.47 Å². The van der Waals surface area contributed by atoms with Crippen LogP contribution in [-0.2, 0) is 32.6 Å². The van der Waals surface area contributed by atoms with E-state index in [1.54, 1.807) is 36.4 Å². The van der Waals surface area contributed by atoms with Crippen LogP contribution in [0.1, 0.15) is 22.3 Å². The number of nitrogens with zero attached hydrogens (tertiary/aromatic N) is 2. The molecule has 0 saturated carbocycles. The van der Waals surface area contributed by atoms with Gasteiger partial charge in [-0.25, -0.2) is 8.42 Å². The number of amides is 1. The minimum Gasteiger partial charge on any atom is -0.476 e. The summed E-state index contributed by atoms with van der Waals surface area (Å²) in [6.45, 7) is 8.26. The molecule has 8 nitrogen and oxygen atoms in total. The Hall–Kier alpha value is -3.40. The molecule has 0 radical (unpaired) electrons. The lowest BCUT2D eigenvalue weighted by molar-refractivity contribution is -0.127. The molecule has 0 spiro atoms. The third-order valence-electron chi connectivity index (χ3n) is 6.89. The van der Waals surface area contributed by atoms with Gasteiger partial charge in [0.25, 0.3) is 15.9 Å². The Kier molecular flexibility index (Phi) is 7.69. The molecular formula is C29H33N3O5S. The van der Waals surface area contributed by atoms with Gasteiger partial charge in [-0.1, -0.05) is 48.0 Å². The van der Waals surface area contributed by atoms with Crippen molar-refractivity contribution in [3.8, 4) is 5.75 Å². The molecule has 3 aromatic rings. The number of aryl methyl sites for hydroxylation is 2. The van der Waals surface area contributed by atoms with Crippen molar-refractivity contribution < 1.29 is 22.7 Å². The van der Waals surface area contributed by atoms with Crippen LogP contribution in [0.2, 0.25) is 0 Å². The lowest BCUT2D eigenvalue weighted by atomic mass is 10.1. The Labute approximate surface area is 224 Å². The van der Waals surface area contributed by atoms with Crippen molar-refractivity contribution in [2.45, 2.75) is 37.9 Å². The highest BCUT2D eigenvalue weighted by atomic mass is 32.2. The summed E-state index contributed by atoms with van der Waals surface area (Å²) in [6.07, 6.45) is -0.981. The van der Waals surface area contributed by atoms with Gasteiger partial charge in [0.2, 0.25) is 0 Å². The molecule has 200 valence electrons.